The third-order valence-corrected chi connectivity index (χ3v) is 2.91. The summed E-state index contributed by atoms with van der Waals surface area (Å²) in [4.78, 5) is 3.98. The van der Waals surface area contributed by atoms with E-state index >= 15 is 0 Å². The maximum absolute atomic E-state index is 12.8. The fourth-order valence-corrected chi connectivity index (χ4v) is 1.80. The lowest BCUT2D eigenvalue weighted by molar-refractivity contribution is -0.137. The Balaban J connectivity index is 2.34. The van der Waals surface area contributed by atoms with Gasteiger partial charge in [0.05, 0.1) is 5.56 Å². The summed E-state index contributed by atoms with van der Waals surface area (Å²) in [6.45, 7) is 1.99. The Morgan fingerprint density at radius 1 is 1.19 bits per heavy atom. The van der Waals surface area contributed by atoms with Gasteiger partial charge in [-0.15, -0.1) is 0 Å². The molecule has 0 spiro atoms. The van der Waals surface area contributed by atoms with E-state index in [1.54, 1.807) is 18.2 Å². The highest BCUT2D eigenvalue weighted by molar-refractivity contribution is 5.43. The Hall–Kier alpha value is -2.24. The number of nitrogens with one attached hydrogen (secondary N) is 1. The van der Waals surface area contributed by atoms with Crippen LogP contribution in [0.3, 0.4) is 0 Å². The van der Waals surface area contributed by atoms with Gasteiger partial charge in [0.25, 0.3) is 0 Å². The van der Waals surface area contributed by atoms with Crippen molar-refractivity contribution in [2.45, 2.75) is 19.5 Å². The van der Waals surface area contributed by atoms with Gasteiger partial charge in [-0.2, -0.15) is 18.2 Å². The van der Waals surface area contributed by atoms with Crippen LogP contribution in [-0.2, 0) is 12.6 Å². The number of hydrogen-bond donors (Lipinski definition) is 1. The Labute approximate surface area is 120 Å². The number of rotatable bonds is 4. The van der Waals surface area contributed by atoms with Gasteiger partial charge in [-0.25, -0.2) is 0 Å². The maximum atomic E-state index is 12.8. The normalized spacial score (nSPS) is 11.3. The van der Waals surface area contributed by atoms with Crippen molar-refractivity contribution in [3.63, 3.8) is 0 Å². The van der Waals surface area contributed by atoms with Crippen molar-refractivity contribution in [3.8, 4) is 11.6 Å². The summed E-state index contributed by atoms with van der Waals surface area (Å²) in [6.07, 6.45) is -3.63. The predicted molar refractivity (Wildman–Crippen MR) is 74.7 cm³/mol. The minimum Gasteiger partial charge on any atom is -0.439 e. The highest BCUT2D eigenvalue weighted by Gasteiger charge is 2.32. The number of nitrogens with zero attached hydrogens (tertiary/aromatic N) is 1. The van der Waals surface area contributed by atoms with Crippen LogP contribution in [0.5, 0.6) is 11.6 Å². The lowest BCUT2D eigenvalue weighted by Gasteiger charge is -2.12. The molecule has 1 N–H and O–H groups in total. The van der Waals surface area contributed by atoms with Crippen LogP contribution >= 0.6 is 0 Å². The van der Waals surface area contributed by atoms with Crippen molar-refractivity contribution in [3.05, 3.63) is 47.5 Å². The van der Waals surface area contributed by atoms with E-state index in [1.807, 2.05) is 13.0 Å². The smallest absolute Gasteiger partial charge is 0.416 e. The molecule has 1 heterocycles. The Bertz CT molecular complexity index is 627. The van der Waals surface area contributed by atoms with E-state index < -0.39 is 11.7 Å². The van der Waals surface area contributed by atoms with Gasteiger partial charge in [0, 0.05) is 13.1 Å². The Morgan fingerprint density at radius 2 is 1.95 bits per heavy atom. The molecule has 21 heavy (non-hydrogen) atoms. The number of halogens is 3. The van der Waals surface area contributed by atoms with Crippen LogP contribution in [0.15, 0.2) is 36.4 Å². The van der Waals surface area contributed by atoms with Crippen LogP contribution in [0, 0.1) is 0 Å². The molecule has 0 amide bonds. The molecule has 0 unspecified atom stereocenters. The minimum absolute atomic E-state index is 0.0950. The first kappa shape index (κ1) is 15.2. The van der Waals surface area contributed by atoms with Gasteiger partial charge in [0.2, 0.25) is 5.88 Å². The summed E-state index contributed by atoms with van der Waals surface area (Å²) in [5, 5.41) is 2.60. The number of pyridine rings is 1. The maximum Gasteiger partial charge on any atom is 0.416 e. The van der Waals surface area contributed by atoms with Crippen molar-refractivity contribution in [2.75, 3.05) is 12.4 Å². The number of anilines is 1. The van der Waals surface area contributed by atoms with Gasteiger partial charge in [0.15, 0.2) is 0 Å². The zero-order chi connectivity index (χ0) is 15.5. The molecular weight excluding hydrogens is 281 g/mol. The van der Waals surface area contributed by atoms with Crippen LogP contribution in [0.2, 0.25) is 0 Å². The second kappa shape index (κ2) is 6.03. The van der Waals surface area contributed by atoms with Gasteiger partial charge in [-0.05, 0) is 30.2 Å². The molecule has 0 aliphatic carbocycles. The van der Waals surface area contributed by atoms with Crippen LogP contribution < -0.4 is 10.1 Å². The second-order valence-electron chi connectivity index (χ2n) is 4.43. The second-order valence-corrected chi connectivity index (χ2v) is 4.43. The topological polar surface area (TPSA) is 34.1 Å². The molecule has 0 saturated heterocycles. The van der Waals surface area contributed by atoms with E-state index in [0.717, 1.165) is 24.1 Å². The van der Waals surface area contributed by atoms with E-state index in [-0.39, 0.29) is 11.7 Å². The molecule has 2 aromatic rings. The number of aryl methyl sites for hydroxylation is 1. The average Bonchev–Trinajstić information content (AvgIpc) is 2.46. The van der Waals surface area contributed by atoms with Gasteiger partial charge >= 0.3 is 6.18 Å². The first-order chi connectivity index (χ1) is 9.92. The predicted octanol–water partition coefficient (Wildman–Crippen LogP) is 4.50. The summed E-state index contributed by atoms with van der Waals surface area (Å²) in [5.74, 6) is 0.470. The molecule has 0 bridgehead atoms. The van der Waals surface area contributed by atoms with Crippen LogP contribution in [0.4, 0.5) is 19.0 Å². The lowest BCUT2D eigenvalue weighted by Crippen LogP contribution is -2.07. The zero-order valence-electron chi connectivity index (χ0n) is 11.7. The molecule has 0 aliphatic rings. The van der Waals surface area contributed by atoms with Crippen LogP contribution in [-0.4, -0.2) is 12.0 Å². The van der Waals surface area contributed by atoms with Gasteiger partial charge in [0.1, 0.15) is 11.6 Å². The first-order valence-electron chi connectivity index (χ1n) is 6.46. The van der Waals surface area contributed by atoms with Crippen LogP contribution in [0.1, 0.15) is 18.1 Å². The van der Waals surface area contributed by atoms with Crippen molar-refractivity contribution in [1.29, 1.82) is 0 Å². The fraction of sp³-hybridized carbons (Fsp3) is 0.267. The third-order valence-electron chi connectivity index (χ3n) is 2.91. The van der Waals surface area contributed by atoms with E-state index in [4.69, 9.17) is 4.74 Å². The van der Waals surface area contributed by atoms with Crippen molar-refractivity contribution >= 4 is 5.82 Å². The molecule has 6 heteroatoms. The molecule has 2 rings (SSSR count). The molecule has 0 fully saturated rings. The molecule has 3 nitrogen and oxygen atoms in total. The molecule has 0 saturated carbocycles. The van der Waals surface area contributed by atoms with Crippen molar-refractivity contribution in [1.82, 2.24) is 4.98 Å². The minimum atomic E-state index is -4.45. The van der Waals surface area contributed by atoms with E-state index in [2.05, 4.69) is 10.3 Å². The van der Waals surface area contributed by atoms with Crippen molar-refractivity contribution < 1.29 is 17.9 Å². The molecule has 1 aromatic carbocycles. The standard InChI is InChI=1S/C15H15F3N2O/c1-3-10-5-4-6-12(7-10)21-14-9-11(15(16,17)18)8-13(19-2)20-14/h4-9H,3H2,1-2H3,(H,19,20). The van der Waals surface area contributed by atoms with Gasteiger partial charge in [-0.3, -0.25) is 0 Å². The quantitative estimate of drug-likeness (QED) is 0.902. The molecule has 0 radical (unpaired) electrons. The summed E-state index contributed by atoms with van der Waals surface area (Å²) >= 11 is 0. The summed E-state index contributed by atoms with van der Waals surface area (Å²) in [5.41, 5.74) is 0.233. The Morgan fingerprint density at radius 3 is 2.57 bits per heavy atom. The fourth-order valence-electron chi connectivity index (χ4n) is 1.80. The SMILES string of the molecule is CCc1cccc(Oc2cc(C(F)(F)F)cc(NC)n2)c1. The number of benzene rings is 1. The van der Waals surface area contributed by atoms with E-state index in [9.17, 15) is 13.2 Å². The first-order valence-corrected chi connectivity index (χ1v) is 6.46. The monoisotopic (exact) mass is 296 g/mol. The van der Waals surface area contributed by atoms with E-state index in [0.29, 0.717) is 5.75 Å². The van der Waals surface area contributed by atoms with Gasteiger partial charge in [-0.1, -0.05) is 19.1 Å². The molecule has 0 atom stereocenters. The van der Waals surface area contributed by atoms with Crippen molar-refractivity contribution in [2.24, 2.45) is 0 Å². The summed E-state index contributed by atoms with van der Waals surface area (Å²) in [6, 6.07) is 9.00. The summed E-state index contributed by atoms with van der Waals surface area (Å²) in [7, 11) is 1.50. The largest absolute Gasteiger partial charge is 0.439 e. The lowest BCUT2D eigenvalue weighted by atomic mass is 10.2. The van der Waals surface area contributed by atoms with E-state index in [1.165, 1.54) is 7.05 Å². The van der Waals surface area contributed by atoms with Crippen LogP contribution in [0.25, 0.3) is 0 Å². The number of hydrogen-bond acceptors (Lipinski definition) is 3. The highest BCUT2D eigenvalue weighted by Crippen LogP contribution is 2.33. The number of ether oxygens (including phenoxy) is 1. The molecule has 112 valence electrons. The van der Waals surface area contributed by atoms with Gasteiger partial charge < -0.3 is 10.1 Å². The third kappa shape index (κ3) is 3.87. The highest BCUT2D eigenvalue weighted by atomic mass is 19.4. The molecule has 0 aliphatic heterocycles. The summed E-state index contributed by atoms with van der Waals surface area (Å²) < 4.78 is 43.9. The zero-order valence-corrected chi connectivity index (χ0v) is 11.7. The molecular formula is C15H15F3N2O. The molecule has 1 aromatic heterocycles. The Kier molecular flexibility index (Phi) is 4.35. The number of alkyl halides is 3. The number of aromatic nitrogens is 1. The average molecular weight is 296 g/mol.